The summed E-state index contributed by atoms with van der Waals surface area (Å²) in [5.41, 5.74) is 2.30. The molecule has 0 saturated heterocycles. The molecule has 0 spiro atoms. The Kier molecular flexibility index (Phi) is 8.60. The van der Waals surface area contributed by atoms with Gasteiger partial charge in [0.1, 0.15) is 35.1 Å². The third-order valence-electron chi connectivity index (χ3n) is 5.88. The van der Waals surface area contributed by atoms with Crippen molar-refractivity contribution in [2.75, 3.05) is 11.9 Å². The van der Waals surface area contributed by atoms with Crippen LogP contribution in [0.2, 0.25) is 0 Å². The Morgan fingerprint density at radius 3 is 2.68 bits per heavy atom. The standard InChI is InChI=1S/C28H23BrFN3O3S/c1-2-35-24-12-18(22(29)13-25(24)36-16-17-7-3-5-9-23(17)30)11-19(14-31)27(34)33-28-21(15-32)20-8-4-6-10-26(20)37-28/h3,5,7,9,11-13H,2,4,6,8,10,16H2,1H3,(H,33,34)/b19-11+. The van der Waals surface area contributed by atoms with Crippen LogP contribution < -0.4 is 14.8 Å². The molecule has 2 aromatic carbocycles. The fourth-order valence-electron chi connectivity index (χ4n) is 4.06. The summed E-state index contributed by atoms with van der Waals surface area (Å²) in [5, 5.41) is 22.6. The van der Waals surface area contributed by atoms with Crippen molar-refractivity contribution >= 4 is 44.3 Å². The Morgan fingerprint density at radius 2 is 1.95 bits per heavy atom. The molecule has 4 rings (SSSR count). The van der Waals surface area contributed by atoms with E-state index in [0.717, 1.165) is 36.1 Å². The van der Waals surface area contributed by atoms with E-state index in [1.165, 1.54) is 23.5 Å². The maximum atomic E-state index is 14.0. The van der Waals surface area contributed by atoms with Gasteiger partial charge in [-0.15, -0.1) is 11.3 Å². The quantitative estimate of drug-likeness (QED) is 0.231. The van der Waals surface area contributed by atoms with Crippen LogP contribution in [0.25, 0.3) is 6.08 Å². The zero-order valence-electron chi connectivity index (χ0n) is 20.1. The molecule has 1 aliphatic rings. The van der Waals surface area contributed by atoms with Crippen molar-refractivity contribution in [1.82, 2.24) is 0 Å². The van der Waals surface area contributed by atoms with E-state index in [4.69, 9.17) is 9.47 Å². The highest BCUT2D eigenvalue weighted by molar-refractivity contribution is 9.10. The number of nitrogens with zero attached hydrogens (tertiary/aromatic N) is 2. The molecule has 0 fully saturated rings. The first-order valence-corrected chi connectivity index (χ1v) is 13.4. The maximum absolute atomic E-state index is 14.0. The van der Waals surface area contributed by atoms with Gasteiger partial charge in [-0.05, 0) is 68.0 Å². The number of hydrogen-bond acceptors (Lipinski definition) is 6. The van der Waals surface area contributed by atoms with Crippen LogP contribution in [0.3, 0.4) is 0 Å². The summed E-state index contributed by atoms with van der Waals surface area (Å²) in [6.45, 7) is 2.18. The van der Waals surface area contributed by atoms with Crippen molar-refractivity contribution < 1.29 is 18.7 Å². The highest BCUT2D eigenvalue weighted by Gasteiger charge is 2.23. The molecule has 1 N–H and O–H groups in total. The van der Waals surface area contributed by atoms with E-state index < -0.39 is 5.91 Å². The second-order valence-electron chi connectivity index (χ2n) is 8.28. The van der Waals surface area contributed by atoms with Crippen molar-refractivity contribution in [3.63, 3.8) is 0 Å². The molecule has 37 heavy (non-hydrogen) atoms. The molecule has 0 unspecified atom stereocenters. The van der Waals surface area contributed by atoms with Gasteiger partial charge in [0, 0.05) is 14.9 Å². The molecule has 0 radical (unpaired) electrons. The van der Waals surface area contributed by atoms with E-state index in [1.807, 2.05) is 13.0 Å². The largest absolute Gasteiger partial charge is 0.490 e. The monoisotopic (exact) mass is 579 g/mol. The number of aryl methyl sites for hydroxylation is 1. The number of amides is 1. The van der Waals surface area contributed by atoms with Gasteiger partial charge in [0.15, 0.2) is 11.5 Å². The lowest BCUT2D eigenvalue weighted by molar-refractivity contribution is -0.112. The molecular weight excluding hydrogens is 557 g/mol. The third kappa shape index (κ3) is 6.02. The first-order chi connectivity index (χ1) is 17.9. The van der Waals surface area contributed by atoms with E-state index in [0.29, 0.717) is 44.3 Å². The molecule has 0 atom stereocenters. The minimum Gasteiger partial charge on any atom is -0.490 e. The number of ether oxygens (including phenoxy) is 2. The Morgan fingerprint density at radius 1 is 1.19 bits per heavy atom. The maximum Gasteiger partial charge on any atom is 0.266 e. The Hall–Kier alpha value is -3.66. The number of carbonyl (C=O) groups is 1. The number of hydrogen-bond donors (Lipinski definition) is 1. The number of rotatable bonds is 8. The average molecular weight is 580 g/mol. The summed E-state index contributed by atoms with van der Waals surface area (Å²) in [6.07, 6.45) is 5.24. The van der Waals surface area contributed by atoms with Crippen LogP contribution in [0.4, 0.5) is 9.39 Å². The molecule has 1 aromatic heterocycles. The zero-order valence-corrected chi connectivity index (χ0v) is 22.5. The number of anilines is 1. The molecule has 3 aromatic rings. The van der Waals surface area contributed by atoms with Crippen LogP contribution in [0.1, 0.15) is 46.9 Å². The number of carbonyl (C=O) groups excluding carboxylic acids is 1. The minimum atomic E-state index is -0.595. The summed E-state index contributed by atoms with van der Waals surface area (Å²) in [4.78, 5) is 14.1. The SMILES string of the molecule is CCOc1cc(/C=C(\C#N)C(=O)Nc2sc3c(c2C#N)CCCC3)c(Br)cc1OCc1ccccc1F. The fourth-order valence-corrected chi connectivity index (χ4v) is 5.73. The third-order valence-corrected chi connectivity index (χ3v) is 7.77. The molecule has 9 heteroatoms. The van der Waals surface area contributed by atoms with E-state index in [2.05, 4.69) is 27.3 Å². The van der Waals surface area contributed by atoms with Crippen molar-refractivity contribution in [2.24, 2.45) is 0 Å². The van der Waals surface area contributed by atoms with Crippen LogP contribution >= 0.6 is 27.3 Å². The number of nitrogens with one attached hydrogen (secondary N) is 1. The average Bonchev–Trinajstić information content (AvgIpc) is 3.25. The van der Waals surface area contributed by atoms with Crippen molar-refractivity contribution in [3.8, 4) is 23.6 Å². The summed E-state index contributed by atoms with van der Waals surface area (Å²) >= 11 is 4.88. The van der Waals surface area contributed by atoms with Gasteiger partial charge in [0.2, 0.25) is 0 Å². The van der Waals surface area contributed by atoms with Crippen LogP contribution in [-0.4, -0.2) is 12.5 Å². The van der Waals surface area contributed by atoms with Crippen molar-refractivity contribution in [3.05, 3.63) is 79.4 Å². The van der Waals surface area contributed by atoms with Gasteiger partial charge < -0.3 is 14.8 Å². The van der Waals surface area contributed by atoms with Crippen LogP contribution in [-0.2, 0) is 24.2 Å². The van der Waals surface area contributed by atoms with Crippen LogP contribution in [0, 0.1) is 28.5 Å². The molecule has 1 aliphatic carbocycles. The smallest absolute Gasteiger partial charge is 0.266 e. The normalized spacial score (nSPS) is 12.7. The lowest BCUT2D eigenvalue weighted by Crippen LogP contribution is -2.13. The Bertz CT molecular complexity index is 1450. The first kappa shape index (κ1) is 26.4. The van der Waals surface area contributed by atoms with Crippen LogP contribution in [0.5, 0.6) is 11.5 Å². The summed E-state index contributed by atoms with van der Waals surface area (Å²) < 4.78 is 26.1. The van der Waals surface area contributed by atoms with E-state index in [1.54, 1.807) is 30.3 Å². The molecule has 6 nitrogen and oxygen atoms in total. The highest BCUT2D eigenvalue weighted by atomic mass is 79.9. The predicted octanol–water partition coefficient (Wildman–Crippen LogP) is 6.92. The number of nitriles is 2. The summed E-state index contributed by atoms with van der Waals surface area (Å²) in [6, 6.07) is 13.8. The number of thiophene rings is 1. The van der Waals surface area contributed by atoms with Gasteiger partial charge >= 0.3 is 0 Å². The number of halogens is 2. The van der Waals surface area contributed by atoms with E-state index in [9.17, 15) is 19.7 Å². The predicted molar refractivity (Wildman–Crippen MR) is 144 cm³/mol. The summed E-state index contributed by atoms with van der Waals surface area (Å²) in [7, 11) is 0. The first-order valence-electron chi connectivity index (χ1n) is 11.8. The van der Waals surface area contributed by atoms with Crippen molar-refractivity contribution in [1.29, 1.82) is 10.5 Å². The van der Waals surface area contributed by atoms with Gasteiger partial charge in [0.05, 0.1) is 12.2 Å². The van der Waals surface area contributed by atoms with E-state index in [-0.39, 0.29) is 18.0 Å². The minimum absolute atomic E-state index is 0.00619. The van der Waals surface area contributed by atoms with E-state index >= 15 is 0 Å². The van der Waals surface area contributed by atoms with Crippen LogP contribution in [0.15, 0.2) is 46.4 Å². The topological polar surface area (TPSA) is 95.1 Å². The molecule has 188 valence electrons. The molecule has 1 amide bonds. The Balaban J connectivity index is 1.59. The van der Waals surface area contributed by atoms with Gasteiger partial charge in [-0.2, -0.15) is 10.5 Å². The summed E-state index contributed by atoms with van der Waals surface area (Å²) in [5.74, 6) is -0.180. The number of benzene rings is 2. The van der Waals surface area contributed by atoms with Gasteiger partial charge in [0.25, 0.3) is 5.91 Å². The van der Waals surface area contributed by atoms with Gasteiger partial charge in [-0.3, -0.25) is 4.79 Å². The lowest BCUT2D eigenvalue weighted by Gasteiger charge is -2.14. The molecule has 0 saturated carbocycles. The Labute approximate surface area is 227 Å². The molecule has 0 aliphatic heterocycles. The zero-order chi connectivity index (χ0) is 26.4. The highest BCUT2D eigenvalue weighted by Crippen LogP contribution is 2.38. The van der Waals surface area contributed by atoms with Gasteiger partial charge in [-0.25, -0.2) is 4.39 Å². The molecule has 0 bridgehead atoms. The fraction of sp³-hybridized carbons (Fsp3) is 0.250. The lowest BCUT2D eigenvalue weighted by atomic mass is 9.96. The number of fused-ring (bicyclic) bond motifs is 1. The van der Waals surface area contributed by atoms with Gasteiger partial charge in [-0.1, -0.05) is 34.1 Å². The molecule has 1 heterocycles. The second-order valence-corrected chi connectivity index (χ2v) is 10.2. The second kappa shape index (κ2) is 12.1. The molecular formula is C28H23BrFN3O3S. The van der Waals surface area contributed by atoms with Crippen molar-refractivity contribution in [2.45, 2.75) is 39.2 Å².